The van der Waals surface area contributed by atoms with Crippen LogP contribution in [0.1, 0.15) is 11.1 Å². The van der Waals surface area contributed by atoms with Gasteiger partial charge in [-0.3, -0.25) is 4.79 Å². The zero-order valence-corrected chi connectivity index (χ0v) is 18.9. The summed E-state index contributed by atoms with van der Waals surface area (Å²) in [6.45, 7) is 0.523. The number of carbonyl (C=O) groups excluding carboxylic acids is 1. The number of ether oxygens (including phenoxy) is 2. The van der Waals surface area contributed by atoms with Crippen molar-refractivity contribution in [3.8, 4) is 29.9 Å². The van der Waals surface area contributed by atoms with E-state index in [-0.39, 0.29) is 12.2 Å². The summed E-state index contributed by atoms with van der Waals surface area (Å²) in [5, 5.41) is 14.3. The van der Waals surface area contributed by atoms with Crippen LogP contribution in [0, 0.1) is 23.7 Å². The molecule has 0 spiro atoms. The number of nitriles is 1. The summed E-state index contributed by atoms with van der Waals surface area (Å²) < 4.78 is 11.5. The zero-order chi connectivity index (χ0) is 24.5. The predicted octanol–water partition coefficient (Wildman–Crippen LogP) is 5.98. The molecule has 0 saturated heterocycles. The highest BCUT2D eigenvalue weighted by molar-refractivity contribution is 6.11. The van der Waals surface area contributed by atoms with Gasteiger partial charge in [0.15, 0.2) is 0 Å². The maximum atomic E-state index is 12.9. The Morgan fingerprint density at radius 3 is 2.40 bits per heavy atom. The second-order valence-electron chi connectivity index (χ2n) is 7.61. The molecule has 0 aliphatic carbocycles. The molecule has 170 valence electrons. The molecule has 5 nitrogen and oxygen atoms in total. The van der Waals surface area contributed by atoms with Crippen LogP contribution in [0.2, 0.25) is 0 Å². The fourth-order valence-corrected chi connectivity index (χ4v) is 3.54. The van der Waals surface area contributed by atoms with Crippen molar-refractivity contribution >= 4 is 28.4 Å². The topological polar surface area (TPSA) is 71.3 Å². The Morgan fingerprint density at radius 2 is 1.66 bits per heavy atom. The van der Waals surface area contributed by atoms with Crippen LogP contribution in [0.5, 0.6) is 11.5 Å². The monoisotopic (exact) mass is 458 g/mol. The third-order valence-corrected chi connectivity index (χ3v) is 5.26. The van der Waals surface area contributed by atoms with Gasteiger partial charge in [-0.25, -0.2) is 0 Å². The summed E-state index contributed by atoms with van der Waals surface area (Å²) in [7, 11) is 0. The number of hydrogen-bond donors (Lipinski definition) is 1. The van der Waals surface area contributed by atoms with Crippen LogP contribution in [0.25, 0.3) is 16.8 Å². The van der Waals surface area contributed by atoms with Gasteiger partial charge in [-0.15, -0.1) is 6.42 Å². The fourth-order valence-electron chi connectivity index (χ4n) is 3.54. The summed E-state index contributed by atoms with van der Waals surface area (Å²) in [6.07, 6.45) is 6.87. The molecule has 0 aliphatic rings. The Kier molecular flexibility index (Phi) is 7.43. The maximum Gasteiger partial charge on any atom is 0.266 e. The minimum atomic E-state index is -0.527. The standard InChI is InChI=1S/C30H22N2O3/c1-2-18-34-29-17-12-23-10-6-7-11-27(23)28(29)19-24(20-31)30(33)32-25-13-15-26(16-14-25)35-21-22-8-4-3-5-9-22/h1,3-17,19H,18,21H2,(H,32,33)/b24-19+. The van der Waals surface area contributed by atoms with Crippen molar-refractivity contribution < 1.29 is 14.3 Å². The van der Waals surface area contributed by atoms with Crippen molar-refractivity contribution in [3.05, 3.63) is 108 Å². The number of rotatable bonds is 8. The number of nitrogens with one attached hydrogen (secondary N) is 1. The van der Waals surface area contributed by atoms with Gasteiger partial charge in [-0.2, -0.15) is 5.26 Å². The Morgan fingerprint density at radius 1 is 0.914 bits per heavy atom. The Bertz CT molecular complexity index is 1440. The van der Waals surface area contributed by atoms with Gasteiger partial charge >= 0.3 is 0 Å². The first kappa shape index (κ1) is 23.2. The zero-order valence-electron chi connectivity index (χ0n) is 18.9. The molecule has 0 radical (unpaired) electrons. The van der Waals surface area contributed by atoms with Crippen molar-refractivity contribution in [1.82, 2.24) is 0 Å². The summed E-state index contributed by atoms with van der Waals surface area (Å²) in [6, 6.07) is 30.2. The van der Waals surface area contributed by atoms with Crippen molar-refractivity contribution in [2.75, 3.05) is 11.9 Å². The number of terminal acetylenes is 1. The molecule has 0 atom stereocenters. The van der Waals surface area contributed by atoms with Crippen LogP contribution in [0.15, 0.2) is 96.6 Å². The van der Waals surface area contributed by atoms with Gasteiger partial charge in [0.25, 0.3) is 5.91 Å². The minimum absolute atomic E-state index is 0.0590. The van der Waals surface area contributed by atoms with E-state index in [4.69, 9.17) is 15.9 Å². The Labute approximate surface area is 204 Å². The third-order valence-electron chi connectivity index (χ3n) is 5.26. The van der Waals surface area contributed by atoms with E-state index in [1.165, 1.54) is 6.08 Å². The molecule has 1 N–H and O–H groups in total. The van der Waals surface area contributed by atoms with E-state index in [1.807, 2.05) is 66.7 Å². The Hall–Kier alpha value is -5.00. The Balaban J connectivity index is 1.52. The third kappa shape index (κ3) is 5.87. The van der Waals surface area contributed by atoms with Crippen LogP contribution in [0.3, 0.4) is 0 Å². The van der Waals surface area contributed by atoms with Crippen LogP contribution in [-0.2, 0) is 11.4 Å². The number of benzene rings is 4. The molecule has 0 saturated carbocycles. The van der Waals surface area contributed by atoms with E-state index in [1.54, 1.807) is 30.3 Å². The summed E-state index contributed by atoms with van der Waals surface area (Å²) in [5.41, 5.74) is 2.17. The first-order valence-electron chi connectivity index (χ1n) is 11.0. The normalized spacial score (nSPS) is 10.7. The van der Waals surface area contributed by atoms with Crippen molar-refractivity contribution in [3.63, 3.8) is 0 Å². The highest BCUT2D eigenvalue weighted by Gasteiger charge is 2.14. The number of anilines is 1. The average molecular weight is 459 g/mol. The number of carbonyl (C=O) groups is 1. The minimum Gasteiger partial charge on any atom is -0.489 e. The molecule has 35 heavy (non-hydrogen) atoms. The molecule has 5 heteroatoms. The molecule has 0 unspecified atom stereocenters. The molecule has 4 aromatic carbocycles. The van der Waals surface area contributed by atoms with Gasteiger partial charge in [0.05, 0.1) is 0 Å². The van der Waals surface area contributed by atoms with Crippen molar-refractivity contribution in [1.29, 1.82) is 5.26 Å². The van der Waals surface area contributed by atoms with Crippen LogP contribution in [-0.4, -0.2) is 12.5 Å². The molecule has 0 heterocycles. The van der Waals surface area contributed by atoms with Crippen molar-refractivity contribution in [2.24, 2.45) is 0 Å². The van der Waals surface area contributed by atoms with E-state index in [9.17, 15) is 10.1 Å². The molecule has 4 aromatic rings. The number of nitrogens with zero attached hydrogens (tertiary/aromatic N) is 1. The van der Waals surface area contributed by atoms with Gasteiger partial charge in [0, 0.05) is 11.3 Å². The highest BCUT2D eigenvalue weighted by atomic mass is 16.5. The van der Waals surface area contributed by atoms with E-state index in [0.29, 0.717) is 29.4 Å². The van der Waals surface area contributed by atoms with E-state index >= 15 is 0 Å². The first-order chi connectivity index (χ1) is 17.2. The molecule has 0 aromatic heterocycles. The van der Waals surface area contributed by atoms with Crippen molar-refractivity contribution in [2.45, 2.75) is 6.61 Å². The average Bonchev–Trinajstić information content (AvgIpc) is 2.91. The van der Waals surface area contributed by atoms with Crippen LogP contribution in [0.4, 0.5) is 5.69 Å². The number of hydrogen-bond acceptors (Lipinski definition) is 4. The highest BCUT2D eigenvalue weighted by Crippen LogP contribution is 2.30. The predicted molar refractivity (Wildman–Crippen MR) is 138 cm³/mol. The smallest absolute Gasteiger partial charge is 0.266 e. The van der Waals surface area contributed by atoms with Gasteiger partial charge in [-0.05, 0) is 52.7 Å². The maximum absolute atomic E-state index is 12.9. The first-order valence-corrected chi connectivity index (χ1v) is 11.0. The molecular formula is C30H22N2O3. The lowest BCUT2D eigenvalue weighted by Crippen LogP contribution is -2.13. The van der Waals surface area contributed by atoms with Crippen LogP contribution < -0.4 is 14.8 Å². The van der Waals surface area contributed by atoms with Gasteiger partial charge in [0.1, 0.15) is 36.4 Å². The number of amides is 1. The molecular weight excluding hydrogens is 436 g/mol. The SMILES string of the molecule is C#CCOc1ccc2ccccc2c1/C=C(\C#N)C(=O)Nc1ccc(OCc2ccccc2)cc1. The van der Waals surface area contributed by atoms with Gasteiger partial charge in [0.2, 0.25) is 0 Å². The van der Waals surface area contributed by atoms with E-state index in [0.717, 1.165) is 16.3 Å². The fraction of sp³-hybridized carbons (Fsp3) is 0.0667. The lowest BCUT2D eigenvalue weighted by molar-refractivity contribution is -0.112. The van der Waals surface area contributed by atoms with E-state index < -0.39 is 5.91 Å². The van der Waals surface area contributed by atoms with Gasteiger partial charge < -0.3 is 14.8 Å². The molecule has 0 aliphatic heterocycles. The largest absolute Gasteiger partial charge is 0.489 e. The lowest BCUT2D eigenvalue weighted by atomic mass is 10.0. The molecule has 4 rings (SSSR count). The van der Waals surface area contributed by atoms with Gasteiger partial charge in [-0.1, -0.05) is 66.6 Å². The second-order valence-corrected chi connectivity index (χ2v) is 7.61. The summed E-state index contributed by atoms with van der Waals surface area (Å²) in [5.74, 6) is 3.09. The summed E-state index contributed by atoms with van der Waals surface area (Å²) >= 11 is 0. The number of fused-ring (bicyclic) bond motifs is 1. The molecule has 0 fully saturated rings. The van der Waals surface area contributed by atoms with E-state index in [2.05, 4.69) is 11.2 Å². The molecule has 0 bridgehead atoms. The second kappa shape index (κ2) is 11.2. The lowest BCUT2D eigenvalue weighted by Gasteiger charge is -2.11. The summed E-state index contributed by atoms with van der Waals surface area (Å²) in [4.78, 5) is 12.9. The molecule has 1 amide bonds. The van der Waals surface area contributed by atoms with Crippen LogP contribution >= 0.6 is 0 Å². The quantitative estimate of drug-likeness (QED) is 0.200.